The highest BCUT2D eigenvalue weighted by atomic mass is 16.6. The summed E-state index contributed by atoms with van der Waals surface area (Å²) >= 11 is 0. The molecule has 21 heavy (non-hydrogen) atoms. The van der Waals surface area contributed by atoms with Gasteiger partial charge in [0, 0.05) is 17.7 Å². The first-order valence-corrected chi connectivity index (χ1v) is 6.79. The van der Waals surface area contributed by atoms with Gasteiger partial charge >= 0.3 is 0 Å². The van der Waals surface area contributed by atoms with E-state index in [0.717, 1.165) is 5.56 Å². The molecule has 2 N–H and O–H groups in total. The molecule has 1 heterocycles. The molecule has 0 aliphatic rings. The van der Waals surface area contributed by atoms with E-state index in [-0.39, 0.29) is 5.69 Å². The SMILES string of the molecule is CCC(N)(CC)c1nc(-c2cc([N+](=O)[O-])ccc2C)no1. The van der Waals surface area contributed by atoms with Crippen molar-refractivity contribution in [1.29, 1.82) is 0 Å². The molecule has 0 amide bonds. The first-order chi connectivity index (χ1) is 9.91. The Morgan fingerprint density at radius 1 is 1.38 bits per heavy atom. The van der Waals surface area contributed by atoms with E-state index < -0.39 is 10.5 Å². The molecular formula is C14H18N4O3. The Morgan fingerprint density at radius 3 is 2.62 bits per heavy atom. The maximum absolute atomic E-state index is 10.9. The summed E-state index contributed by atoms with van der Waals surface area (Å²) in [5.41, 5.74) is 6.96. The minimum atomic E-state index is -0.667. The predicted octanol–water partition coefficient (Wildman–Crippen LogP) is 2.93. The van der Waals surface area contributed by atoms with Gasteiger partial charge in [-0.1, -0.05) is 25.1 Å². The van der Waals surface area contributed by atoms with E-state index >= 15 is 0 Å². The normalized spacial score (nSPS) is 11.6. The number of nitrogens with two attached hydrogens (primary N) is 1. The zero-order valence-electron chi connectivity index (χ0n) is 12.3. The summed E-state index contributed by atoms with van der Waals surface area (Å²) in [6.07, 6.45) is 1.33. The van der Waals surface area contributed by atoms with Gasteiger partial charge in [-0.15, -0.1) is 0 Å². The van der Waals surface area contributed by atoms with Crippen molar-refractivity contribution < 1.29 is 9.45 Å². The number of aromatic nitrogens is 2. The number of hydrogen-bond donors (Lipinski definition) is 1. The van der Waals surface area contributed by atoms with Crippen molar-refractivity contribution in [2.75, 3.05) is 0 Å². The maximum atomic E-state index is 10.9. The lowest BCUT2D eigenvalue weighted by Gasteiger charge is -2.20. The van der Waals surface area contributed by atoms with E-state index in [1.54, 1.807) is 6.07 Å². The van der Waals surface area contributed by atoms with Crippen LogP contribution in [-0.2, 0) is 5.54 Å². The van der Waals surface area contributed by atoms with Crippen LogP contribution in [0.3, 0.4) is 0 Å². The highest BCUT2D eigenvalue weighted by Crippen LogP contribution is 2.29. The molecule has 0 bridgehead atoms. The molecule has 0 saturated heterocycles. The zero-order valence-corrected chi connectivity index (χ0v) is 12.3. The van der Waals surface area contributed by atoms with E-state index in [1.165, 1.54) is 12.1 Å². The maximum Gasteiger partial charge on any atom is 0.270 e. The molecule has 2 aromatic rings. The van der Waals surface area contributed by atoms with Crippen LogP contribution < -0.4 is 5.73 Å². The van der Waals surface area contributed by atoms with Gasteiger partial charge in [0.1, 0.15) is 0 Å². The number of nitro benzene ring substituents is 1. The molecule has 0 fully saturated rings. The fourth-order valence-electron chi connectivity index (χ4n) is 2.05. The van der Waals surface area contributed by atoms with Gasteiger partial charge < -0.3 is 10.3 Å². The molecule has 0 spiro atoms. The number of non-ortho nitro benzene ring substituents is 1. The Morgan fingerprint density at radius 2 is 2.05 bits per heavy atom. The van der Waals surface area contributed by atoms with Gasteiger partial charge in [-0.25, -0.2) is 0 Å². The summed E-state index contributed by atoms with van der Waals surface area (Å²) in [5.74, 6) is 0.677. The van der Waals surface area contributed by atoms with Crippen LogP contribution in [0, 0.1) is 17.0 Å². The quantitative estimate of drug-likeness (QED) is 0.670. The fraction of sp³-hybridized carbons (Fsp3) is 0.429. The van der Waals surface area contributed by atoms with Crippen molar-refractivity contribution in [2.45, 2.75) is 39.2 Å². The van der Waals surface area contributed by atoms with Crippen LogP contribution >= 0.6 is 0 Å². The summed E-state index contributed by atoms with van der Waals surface area (Å²) in [6.45, 7) is 5.74. The van der Waals surface area contributed by atoms with Crippen LogP contribution in [0.4, 0.5) is 5.69 Å². The van der Waals surface area contributed by atoms with Crippen LogP contribution in [-0.4, -0.2) is 15.1 Å². The van der Waals surface area contributed by atoms with Gasteiger partial charge in [0.2, 0.25) is 11.7 Å². The summed E-state index contributed by atoms with van der Waals surface area (Å²) in [4.78, 5) is 14.8. The number of benzene rings is 1. The Kier molecular flexibility index (Phi) is 4.04. The monoisotopic (exact) mass is 290 g/mol. The lowest BCUT2D eigenvalue weighted by atomic mass is 9.94. The molecule has 1 aromatic heterocycles. The number of hydrogen-bond acceptors (Lipinski definition) is 6. The van der Waals surface area contributed by atoms with Crippen LogP contribution in [0.15, 0.2) is 22.7 Å². The molecule has 0 radical (unpaired) electrons. The number of nitro groups is 1. The van der Waals surface area contributed by atoms with Gasteiger partial charge in [0.25, 0.3) is 5.69 Å². The van der Waals surface area contributed by atoms with Gasteiger partial charge in [0.15, 0.2) is 0 Å². The second kappa shape index (κ2) is 5.61. The number of rotatable bonds is 5. The molecule has 2 rings (SSSR count). The molecule has 0 aliphatic heterocycles. The average molecular weight is 290 g/mol. The highest BCUT2D eigenvalue weighted by Gasteiger charge is 2.30. The van der Waals surface area contributed by atoms with Gasteiger partial charge in [-0.3, -0.25) is 10.1 Å². The van der Waals surface area contributed by atoms with E-state index in [9.17, 15) is 10.1 Å². The third kappa shape index (κ3) is 2.78. The minimum absolute atomic E-state index is 0.00746. The largest absolute Gasteiger partial charge is 0.337 e. The van der Waals surface area contributed by atoms with Crippen LogP contribution in [0.2, 0.25) is 0 Å². The molecular weight excluding hydrogens is 272 g/mol. The standard InChI is InChI=1S/C14H18N4O3/c1-4-14(15,5-2)13-16-12(17-21-13)11-8-10(18(19)20)7-6-9(11)3/h6-8H,4-5,15H2,1-3H3. The Labute approximate surface area is 122 Å². The van der Waals surface area contributed by atoms with Crippen molar-refractivity contribution in [1.82, 2.24) is 10.1 Å². The second-order valence-corrected chi connectivity index (χ2v) is 5.04. The van der Waals surface area contributed by atoms with Crippen LogP contribution in [0.25, 0.3) is 11.4 Å². The Balaban J connectivity index is 2.47. The van der Waals surface area contributed by atoms with Gasteiger partial charge in [-0.2, -0.15) is 4.98 Å². The molecule has 0 aliphatic carbocycles. The molecule has 0 saturated carbocycles. The Bertz CT molecular complexity index is 662. The molecule has 112 valence electrons. The first-order valence-electron chi connectivity index (χ1n) is 6.79. The highest BCUT2D eigenvalue weighted by molar-refractivity contribution is 5.63. The third-order valence-corrected chi connectivity index (χ3v) is 3.79. The van der Waals surface area contributed by atoms with Crippen molar-refractivity contribution in [3.63, 3.8) is 0 Å². The van der Waals surface area contributed by atoms with E-state index in [1.807, 2.05) is 20.8 Å². The Hall–Kier alpha value is -2.28. The van der Waals surface area contributed by atoms with Gasteiger partial charge in [0.05, 0.1) is 10.5 Å². The van der Waals surface area contributed by atoms with Crippen molar-refractivity contribution >= 4 is 5.69 Å². The summed E-state index contributed by atoms with van der Waals surface area (Å²) < 4.78 is 5.27. The zero-order chi connectivity index (χ0) is 15.6. The average Bonchev–Trinajstić information content (AvgIpc) is 2.96. The second-order valence-electron chi connectivity index (χ2n) is 5.04. The van der Waals surface area contributed by atoms with E-state index in [4.69, 9.17) is 10.3 Å². The van der Waals surface area contributed by atoms with Crippen molar-refractivity contribution in [2.24, 2.45) is 5.73 Å². The summed E-state index contributed by atoms with van der Waals surface area (Å²) in [5, 5.41) is 14.8. The van der Waals surface area contributed by atoms with E-state index in [0.29, 0.717) is 30.1 Å². The lowest BCUT2D eigenvalue weighted by Crippen LogP contribution is -2.35. The van der Waals surface area contributed by atoms with Gasteiger partial charge in [-0.05, 0) is 25.3 Å². The predicted molar refractivity (Wildman–Crippen MR) is 77.6 cm³/mol. The van der Waals surface area contributed by atoms with Crippen LogP contribution in [0.1, 0.15) is 38.1 Å². The number of aryl methyl sites for hydroxylation is 1. The van der Waals surface area contributed by atoms with Crippen molar-refractivity contribution in [3.8, 4) is 11.4 Å². The smallest absolute Gasteiger partial charge is 0.270 e. The number of nitrogens with zero attached hydrogens (tertiary/aromatic N) is 3. The first kappa shape index (κ1) is 15.1. The molecule has 7 nitrogen and oxygen atoms in total. The molecule has 7 heteroatoms. The fourth-order valence-corrected chi connectivity index (χ4v) is 2.05. The summed E-state index contributed by atoms with van der Waals surface area (Å²) in [6, 6.07) is 4.56. The minimum Gasteiger partial charge on any atom is -0.337 e. The lowest BCUT2D eigenvalue weighted by molar-refractivity contribution is -0.384. The molecule has 0 atom stereocenters. The van der Waals surface area contributed by atoms with Crippen molar-refractivity contribution in [3.05, 3.63) is 39.8 Å². The molecule has 0 unspecified atom stereocenters. The third-order valence-electron chi connectivity index (χ3n) is 3.79. The van der Waals surface area contributed by atoms with Crippen LogP contribution in [0.5, 0.6) is 0 Å². The summed E-state index contributed by atoms with van der Waals surface area (Å²) in [7, 11) is 0. The topological polar surface area (TPSA) is 108 Å². The van der Waals surface area contributed by atoms with E-state index in [2.05, 4.69) is 10.1 Å². The molecule has 1 aromatic carbocycles.